The first-order valence-corrected chi connectivity index (χ1v) is 8.40. The minimum absolute atomic E-state index is 0.115. The zero-order valence-electron chi connectivity index (χ0n) is 15.6. The van der Waals surface area contributed by atoms with Crippen molar-refractivity contribution in [3.63, 3.8) is 0 Å². The number of amides is 1. The first-order valence-electron chi connectivity index (χ1n) is 8.40. The van der Waals surface area contributed by atoms with Crippen LogP contribution in [0.3, 0.4) is 0 Å². The van der Waals surface area contributed by atoms with Gasteiger partial charge >= 0.3 is 12.1 Å². The van der Waals surface area contributed by atoms with E-state index in [1.807, 2.05) is 0 Å². The lowest BCUT2D eigenvalue weighted by Gasteiger charge is -2.18. The largest absolute Gasteiger partial charge is 0.496 e. The summed E-state index contributed by atoms with van der Waals surface area (Å²) in [5.74, 6) is -1.84. The van der Waals surface area contributed by atoms with E-state index < -0.39 is 23.6 Å². The maximum atomic E-state index is 13.1. The van der Waals surface area contributed by atoms with Crippen molar-refractivity contribution in [2.24, 2.45) is 0 Å². The topological polar surface area (TPSA) is 75.6 Å². The predicted molar refractivity (Wildman–Crippen MR) is 97.0 cm³/mol. The molecule has 28 heavy (non-hydrogen) atoms. The average molecular weight is 395 g/mol. The van der Waals surface area contributed by atoms with Gasteiger partial charge in [0.1, 0.15) is 5.75 Å². The number of alkyl halides is 3. The first kappa shape index (κ1) is 21.3. The Labute approximate surface area is 160 Å². The number of ether oxygens (including phenoxy) is 1. The summed E-state index contributed by atoms with van der Waals surface area (Å²) in [6.45, 7) is 2.67. The molecule has 0 fully saturated rings. The van der Waals surface area contributed by atoms with Crippen LogP contribution in [0.4, 0.5) is 13.2 Å². The average Bonchev–Trinajstić information content (AvgIpc) is 2.64. The van der Waals surface area contributed by atoms with Crippen LogP contribution >= 0.6 is 0 Å². The number of nitrogens with one attached hydrogen (secondary N) is 1. The second-order valence-electron chi connectivity index (χ2n) is 6.30. The molecule has 1 amide bonds. The number of aliphatic carboxylic acids is 1. The van der Waals surface area contributed by atoms with Crippen molar-refractivity contribution >= 4 is 11.9 Å². The van der Waals surface area contributed by atoms with Crippen LogP contribution in [0.5, 0.6) is 5.75 Å². The molecule has 1 unspecified atom stereocenters. The first-order chi connectivity index (χ1) is 13.0. The van der Waals surface area contributed by atoms with Gasteiger partial charge in [0.15, 0.2) is 0 Å². The molecule has 5 nitrogen and oxygen atoms in total. The van der Waals surface area contributed by atoms with Crippen molar-refractivity contribution in [3.05, 3.63) is 53.1 Å². The minimum atomic E-state index is -4.53. The van der Waals surface area contributed by atoms with Gasteiger partial charge in [0.2, 0.25) is 5.91 Å². The summed E-state index contributed by atoms with van der Waals surface area (Å²) < 4.78 is 44.7. The highest BCUT2D eigenvalue weighted by Gasteiger charge is 2.31. The number of benzene rings is 2. The van der Waals surface area contributed by atoms with E-state index in [0.29, 0.717) is 22.4 Å². The quantitative estimate of drug-likeness (QED) is 0.769. The number of hydrogen-bond acceptors (Lipinski definition) is 3. The minimum Gasteiger partial charge on any atom is -0.496 e. The normalized spacial score (nSPS) is 12.4. The molecule has 0 aromatic heterocycles. The van der Waals surface area contributed by atoms with Gasteiger partial charge in [0, 0.05) is 19.0 Å². The molecule has 0 radical (unpaired) electrons. The van der Waals surface area contributed by atoms with Crippen LogP contribution in [0.25, 0.3) is 11.1 Å². The molecule has 0 aliphatic carbocycles. The Kier molecular flexibility index (Phi) is 6.33. The molecule has 2 aromatic carbocycles. The summed E-state index contributed by atoms with van der Waals surface area (Å²) in [6.07, 6.45) is -4.53. The maximum absolute atomic E-state index is 13.1. The molecule has 0 saturated heterocycles. The van der Waals surface area contributed by atoms with E-state index in [-0.39, 0.29) is 18.0 Å². The Bertz CT molecular complexity index is 894. The Morgan fingerprint density at radius 3 is 2.36 bits per heavy atom. The van der Waals surface area contributed by atoms with Gasteiger partial charge in [-0.2, -0.15) is 13.2 Å². The van der Waals surface area contributed by atoms with Gasteiger partial charge in [0.25, 0.3) is 0 Å². The molecule has 2 N–H and O–H groups in total. The highest BCUT2D eigenvalue weighted by Crippen LogP contribution is 2.38. The number of carboxylic acids is 1. The van der Waals surface area contributed by atoms with E-state index in [1.54, 1.807) is 18.2 Å². The van der Waals surface area contributed by atoms with Crippen molar-refractivity contribution in [2.45, 2.75) is 32.5 Å². The summed E-state index contributed by atoms with van der Waals surface area (Å²) in [4.78, 5) is 22.6. The fourth-order valence-electron chi connectivity index (χ4n) is 2.75. The van der Waals surface area contributed by atoms with E-state index >= 15 is 0 Å². The third-order valence-electron chi connectivity index (χ3n) is 4.34. The van der Waals surface area contributed by atoms with Gasteiger partial charge in [-0.05, 0) is 47.9 Å². The summed E-state index contributed by atoms with van der Waals surface area (Å²) in [5.41, 5.74) is 0.739. The van der Waals surface area contributed by atoms with Crippen LogP contribution in [0.15, 0.2) is 36.4 Å². The van der Waals surface area contributed by atoms with Gasteiger partial charge in [-0.3, -0.25) is 9.59 Å². The van der Waals surface area contributed by atoms with E-state index in [0.717, 1.165) is 12.1 Å². The molecule has 0 heterocycles. The second kappa shape index (κ2) is 8.33. The number of hydrogen-bond donors (Lipinski definition) is 2. The molecular weight excluding hydrogens is 375 g/mol. The molecule has 0 spiro atoms. The molecule has 0 aliphatic rings. The van der Waals surface area contributed by atoms with Crippen molar-refractivity contribution in [1.29, 1.82) is 0 Å². The highest BCUT2D eigenvalue weighted by molar-refractivity contribution is 5.80. The smallest absolute Gasteiger partial charge is 0.416 e. The van der Waals surface area contributed by atoms with Gasteiger partial charge in [-0.1, -0.05) is 12.1 Å². The lowest BCUT2D eigenvalue weighted by molar-refractivity contribution is -0.139. The summed E-state index contributed by atoms with van der Waals surface area (Å²) >= 11 is 0. The highest BCUT2D eigenvalue weighted by atomic mass is 19.4. The third-order valence-corrected chi connectivity index (χ3v) is 4.34. The van der Waals surface area contributed by atoms with Crippen LogP contribution in [0, 0.1) is 0 Å². The molecule has 0 saturated carbocycles. The summed E-state index contributed by atoms with van der Waals surface area (Å²) in [6, 6.07) is 7.96. The van der Waals surface area contributed by atoms with E-state index in [2.05, 4.69) is 5.32 Å². The second-order valence-corrected chi connectivity index (χ2v) is 6.30. The summed E-state index contributed by atoms with van der Waals surface area (Å²) in [7, 11) is 1.41. The SMILES string of the molecule is COc1ccc(C(C)C(=O)O)cc1-c1ccc(C(F)(F)F)cc1CNC(C)=O. The zero-order valence-corrected chi connectivity index (χ0v) is 15.6. The summed E-state index contributed by atoms with van der Waals surface area (Å²) in [5, 5.41) is 11.7. The van der Waals surface area contributed by atoms with Crippen molar-refractivity contribution < 1.29 is 32.6 Å². The molecule has 1 atom stereocenters. The standard InChI is InChI=1S/C20H20F3NO4/c1-11(19(26)27)13-4-7-18(28-3)17(9-13)16-6-5-15(20(21,22)23)8-14(16)10-24-12(2)25/h4-9,11H,10H2,1-3H3,(H,24,25)(H,26,27). The number of rotatable bonds is 6. The Morgan fingerprint density at radius 2 is 1.82 bits per heavy atom. The van der Waals surface area contributed by atoms with Crippen LogP contribution in [0.1, 0.15) is 36.5 Å². The fourth-order valence-corrected chi connectivity index (χ4v) is 2.75. The molecule has 150 valence electrons. The lowest BCUT2D eigenvalue weighted by atomic mass is 9.92. The Morgan fingerprint density at radius 1 is 1.14 bits per heavy atom. The molecular formula is C20H20F3NO4. The third kappa shape index (κ3) is 4.82. The monoisotopic (exact) mass is 395 g/mol. The fraction of sp³-hybridized carbons (Fsp3) is 0.300. The van der Waals surface area contributed by atoms with E-state index in [1.165, 1.54) is 27.0 Å². The molecule has 2 rings (SSSR count). The van der Waals surface area contributed by atoms with Gasteiger partial charge in [-0.15, -0.1) is 0 Å². The Balaban J connectivity index is 2.65. The van der Waals surface area contributed by atoms with Crippen LogP contribution in [0.2, 0.25) is 0 Å². The zero-order chi connectivity index (χ0) is 21.1. The predicted octanol–water partition coefficient (Wildman–Crippen LogP) is 4.21. The van der Waals surface area contributed by atoms with Crippen LogP contribution in [-0.2, 0) is 22.3 Å². The lowest BCUT2D eigenvalue weighted by Crippen LogP contribution is -2.20. The number of halogens is 3. The number of methoxy groups -OCH3 is 1. The van der Waals surface area contributed by atoms with Crippen LogP contribution < -0.4 is 10.1 Å². The van der Waals surface area contributed by atoms with Gasteiger partial charge in [-0.25, -0.2) is 0 Å². The van der Waals surface area contributed by atoms with E-state index in [9.17, 15) is 27.9 Å². The van der Waals surface area contributed by atoms with Crippen LogP contribution in [-0.4, -0.2) is 24.1 Å². The molecule has 2 aromatic rings. The van der Waals surface area contributed by atoms with Gasteiger partial charge in [0.05, 0.1) is 18.6 Å². The van der Waals surface area contributed by atoms with Crippen molar-refractivity contribution in [1.82, 2.24) is 5.32 Å². The molecule has 0 aliphatic heterocycles. The molecule has 8 heteroatoms. The Hall–Kier alpha value is -3.03. The van der Waals surface area contributed by atoms with Crippen molar-refractivity contribution in [3.8, 4) is 16.9 Å². The molecule has 0 bridgehead atoms. The van der Waals surface area contributed by atoms with E-state index in [4.69, 9.17) is 4.74 Å². The van der Waals surface area contributed by atoms with Gasteiger partial charge < -0.3 is 15.2 Å². The van der Waals surface area contributed by atoms with Crippen molar-refractivity contribution in [2.75, 3.05) is 7.11 Å². The number of carbonyl (C=O) groups is 2. The maximum Gasteiger partial charge on any atom is 0.416 e. The number of carbonyl (C=O) groups excluding carboxylic acids is 1. The number of carboxylic acid groups (broad SMARTS) is 1.